The maximum Gasteiger partial charge on any atom is 0.252 e. The van der Waals surface area contributed by atoms with Crippen molar-refractivity contribution in [3.05, 3.63) is 11.9 Å². The minimum Gasteiger partial charge on any atom is -0.381 e. The van der Waals surface area contributed by atoms with E-state index < -0.39 is 11.8 Å². The highest BCUT2D eigenvalue weighted by atomic mass is 19.3. The molecule has 1 aromatic rings. The van der Waals surface area contributed by atoms with Crippen LogP contribution in [0.25, 0.3) is 0 Å². The van der Waals surface area contributed by atoms with Crippen molar-refractivity contribution in [2.75, 3.05) is 19.8 Å². The van der Waals surface area contributed by atoms with E-state index in [4.69, 9.17) is 4.74 Å². The fourth-order valence-electron chi connectivity index (χ4n) is 3.29. The van der Waals surface area contributed by atoms with E-state index in [2.05, 4.69) is 15.6 Å². The monoisotopic (exact) mass is 314 g/mol. The summed E-state index contributed by atoms with van der Waals surface area (Å²) in [4.78, 5) is 0. The summed E-state index contributed by atoms with van der Waals surface area (Å²) in [6, 6.07) is 0. The van der Waals surface area contributed by atoms with E-state index in [0.717, 1.165) is 38.3 Å². The van der Waals surface area contributed by atoms with Gasteiger partial charge in [0.05, 0.1) is 12.3 Å². The van der Waals surface area contributed by atoms with Crippen LogP contribution in [0.15, 0.2) is 6.20 Å². The molecule has 1 saturated carbocycles. The predicted molar refractivity (Wildman–Crippen MR) is 77.6 cm³/mol. The number of rotatable bonds is 6. The molecule has 2 atom stereocenters. The summed E-state index contributed by atoms with van der Waals surface area (Å²) in [5.41, 5.74) is 0.804. The number of aromatic nitrogens is 3. The molecule has 2 aliphatic rings. The van der Waals surface area contributed by atoms with Gasteiger partial charge in [-0.15, -0.1) is 5.10 Å². The van der Waals surface area contributed by atoms with E-state index in [1.807, 2.05) is 10.9 Å². The number of hydrogen-bond donors (Lipinski definition) is 1. The van der Waals surface area contributed by atoms with Crippen LogP contribution in [0.2, 0.25) is 0 Å². The van der Waals surface area contributed by atoms with Crippen molar-refractivity contribution >= 4 is 0 Å². The van der Waals surface area contributed by atoms with Gasteiger partial charge in [-0.2, -0.15) is 0 Å². The highest BCUT2D eigenvalue weighted by molar-refractivity contribution is 4.92. The van der Waals surface area contributed by atoms with E-state index >= 15 is 0 Å². The molecule has 1 aromatic heterocycles. The minimum absolute atomic E-state index is 0.0268. The number of nitrogens with one attached hydrogen (secondary N) is 1. The van der Waals surface area contributed by atoms with Crippen molar-refractivity contribution in [1.82, 2.24) is 20.3 Å². The van der Waals surface area contributed by atoms with Gasteiger partial charge in [0.15, 0.2) is 0 Å². The van der Waals surface area contributed by atoms with Gasteiger partial charge in [-0.25, -0.2) is 8.78 Å². The van der Waals surface area contributed by atoms with Gasteiger partial charge in [0.25, 0.3) is 5.92 Å². The smallest absolute Gasteiger partial charge is 0.252 e. The summed E-state index contributed by atoms with van der Waals surface area (Å²) in [5, 5.41) is 11.3. The molecule has 0 aromatic carbocycles. The summed E-state index contributed by atoms with van der Waals surface area (Å²) in [7, 11) is 0. The number of nitrogens with zero attached hydrogens (tertiary/aromatic N) is 3. The first-order chi connectivity index (χ1) is 10.6. The molecule has 1 aliphatic heterocycles. The van der Waals surface area contributed by atoms with Crippen LogP contribution in [0.3, 0.4) is 0 Å². The molecule has 0 radical (unpaired) electrons. The highest BCUT2D eigenvalue weighted by Gasteiger charge is 2.40. The largest absolute Gasteiger partial charge is 0.381 e. The molecule has 124 valence electrons. The van der Waals surface area contributed by atoms with Crippen LogP contribution in [-0.4, -0.2) is 40.7 Å². The van der Waals surface area contributed by atoms with E-state index in [1.54, 1.807) is 0 Å². The Bertz CT molecular complexity index is 474. The van der Waals surface area contributed by atoms with E-state index in [-0.39, 0.29) is 6.42 Å². The molecular weight excluding hydrogens is 290 g/mol. The molecule has 2 heterocycles. The molecule has 2 fully saturated rings. The molecule has 1 aliphatic carbocycles. The van der Waals surface area contributed by atoms with Crippen molar-refractivity contribution < 1.29 is 13.5 Å². The lowest BCUT2D eigenvalue weighted by molar-refractivity contribution is -0.0844. The number of halogens is 2. The third-order valence-electron chi connectivity index (χ3n) is 4.66. The Kier molecular flexibility index (Phi) is 5.03. The maximum atomic E-state index is 13.7. The Balaban J connectivity index is 1.42. The van der Waals surface area contributed by atoms with E-state index in [9.17, 15) is 8.78 Å². The van der Waals surface area contributed by atoms with Crippen molar-refractivity contribution in [1.29, 1.82) is 0 Å². The fourth-order valence-corrected chi connectivity index (χ4v) is 3.29. The first-order valence-electron chi connectivity index (χ1n) is 8.19. The van der Waals surface area contributed by atoms with Gasteiger partial charge in [0.2, 0.25) is 0 Å². The number of ether oxygens (including phenoxy) is 1. The molecule has 1 saturated heterocycles. The Hall–Kier alpha value is -1.08. The van der Waals surface area contributed by atoms with Crippen LogP contribution in [0.1, 0.15) is 37.8 Å². The molecule has 0 amide bonds. The van der Waals surface area contributed by atoms with Crippen LogP contribution in [0.5, 0.6) is 0 Å². The van der Waals surface area contributed by atoms with Crippen molar-refractivity contribution in [3.8, 4) is 0 Å². The molecule has 1 N–H and O–H groups in total. The highest BCUT2D eigenvalue weighted by Crippen LogP contribution is 2.37. The van der Waals surface area contributed by atoms with Gasteiger partial charge in [-0.05, 0) is 19.3 Å². The first-order valence-corrected chi connectivity index (χ1v) is 8.19. The second-order valence-electron chi connectivity index (χ2n) is 6.50. The number of alkyl halides is 2. The van der Waals surface area contributed by atoms with Crippen LogP contribution >= 0.6 is 0 Å². The normalized spacial score (nSPS) is 28.1. The van der Waals surface area contributed by atoms with E-state index in [0.29, 0.717) is 31.8 Å². The summed E-state index contributed by atoms with van der Waals surface area (Å²) >= 11 is 0. The Morgan fingerprint density at radius 2 is 2.27 bits per heavy atom. The minimum atomic E-state index is -2.52. The fraction of sp³-hybridized carbons (Fsp3) is 0.867. The average molecular weight is 314 g/mol. The first kappa shape index (κ1) is 15.8. The van der Waals surface area contributed by atoms with Gasteiger partial charge in [0.1, 0.15) is 0 Å². The van der Waals surface area contributed by atoms with Crippen molar-refractivity contribution in [2.24, 2.45) is 11.8 Å². The average Bonchev–Trinajstić information content (AvgIpc) is 3.13. The second kappa shape index (κ2) is 7.00. The summed E-state index contributed by atoms with van der Waals surface area (Å²) < 4.78 is 34.7. The standard InChI is InChI=1S/C15H24F2N4O/c16-15(17)5-2-1-3-13(15)7-18-8-14-10-21(20-19-14)9-12-4-6-22-11-12/h10,12-13,18H,1-9,11H2. The molecule has 3 rings (SSSR count). The lowest BCUT2D eigenvalue weighted by Crippen LogP contribution is -2.38. The third-order valence-corrected chi connectivity index (χ3v) is 4.66. The lowest BCUT2D eigenvalue weighted by atomic mass is 9.85. The topological polar surface area (TPSA) is 52.0 Å². The zero-order valence-corrected chi connectivity index (χ0v) is 12.8. The van der Waals surface area contributed by atoms with Crippen LogP contribution in [0.4, 0.5) is 8.78 Å². The SMILES string of the molecule is FC1(F)CCCCC1CNCc1cn(CC2CCOC2)nn1. The third kappa shape index (κ3) is 4.01. The quantitative estimate of drug-likeness (QED) is 0.875. The summed E-state index contributed by atoms with van der Waals surface area (Å²) in [6.07, 6.45) is 5.13. The Morgan fingerprint density at radius 3 is 3.05 bits per heavy atom. The van der Waals surface area contributed by atoms with Crippen molar-refractivity contribution in [2.45, 2.75) is 51.1 Å². The van der Waals surface area contributed by atoms with Crippen LogP contribution in [-0.2, 0) is 17.8 Å². The summed E-state index contributed by atoms with van der Waals surface area (Å²) in [5.74, 6) is -2.57. The summed E-state index contributed by atoms with van der Waals surface area (Å²) in [6.45, 7) is 3.26. The zero-order valence-electron chi connectivity index (χ0n) is 12.8. The Labute approximate surface area is 129 Å². The van der Waals surface area contributed by atoms with Gasteiger partial charge < -0.3 is 10.1 Å². The molecule has 0 spiro atoms. The number of hydrogen-bond acceptors (Lipinski definition) is 4. The second-order valence-corrected chi connectivity index (χ2v) is 6.50. The Morgan fingerprint density at radius 1 is 1.36 bits per heavy atom. The van der Waals surface area contributed by atoms with E-state index in [1.165, 1.54) is 0 Å². The van der Waals surface area contributed by atoms with Gasteiger partial charge >= 0.3 is 0 Å². The maximum absolute atomic E-state index is 13.7. The van der Waals surface area contributed by atoms with Gasteiger partial charge in [-0.1, -0.05) is 11.6 Å². The van der Waals surface area contributed by atoms with Crippen LogP contribution < -0.4 is 5.32 Å². The molecular formula is C15H24F2N4O. The van der Waals surface area contributed by atoms with Gasteiger partial charge in [0, 0.05) is 50.7 Å². The molecule has 7 heteroatoms. The zero-order chi connectivity index (χ0) is 15.4. The predicted octanol–water partition coefficient (Wildman–Crippen LogP) is 2.23. The molecule has 22 heavy (non-hydrogen) atoms. The molecule has 2 unspecified atom stereocenters. The molecule has 0 bridgehead atoms. The van der Waals surface area contributed by atoms with Gasteiger partial charge in [-0.3, -0.25) is 4.68 Å². The van der Waals surface area contributed by atoms with Crippen LogP contribution in [0, 0.1) is 11.8 Å². The molecule has 5 nitrogen and oxygen atoms in total. The lowest BCUT2D eigenvalue weighted by Gasteiger charge is -2.31. The van der Waals surface area contributed by atoms with Crippen molar-refractivity contribution in [3.63, 3.8) is 0 Å².